The second kappa shape index (κ2) is 9.28. The fraction of sp³-hybridized carbons (Fsp3) is 0.320. The van der Waals surface area contributed by atoms with E-state index in [-0.39, 0.29) is 12.6 Å². The van der Waals surface area contributed by atoms with Crippen LogP contribution in [-0.2, 0) is 22.5 Å². The first-order valence-corrected chi connectivity index (χ1v) is 10.5. The number of rotatable bonds is 8. The summed E-state index contributed by atoms with van der Waals surface area (Å²) < 4.78 is 6.95. The number of aliphatic hydroxyl groups is 1. The quantitative estimate of drug-likeness (QED) is 0.458. The second-order valence-electron chi connectivity index (χ2n) is 7.70. The van der Waals surface area contributed by atoms with Crippen molar-refractivity contribution in [3.05, 3.63) is 77.5 Å². The van der Waals surface area contributed by atoms with Gasteiger partial charge in [0.2, 0.25) is 0 Å². The monoisotopic (exact) mass is 404 g/mol. The lowest BCUT2D eigenvalue weighted by atomic mass is 10.0. The van der Waals surface area contributed by atoms with Gasteiger partial charge < -0.3 is 14.4 Å². The smallest absolute Gasteiger partial charge is 0.330 e. The van der Waals surface area contributed by atoms with Gasteiger partial charge in [0.25, 0.3) is 0 Å². The Balaban J connectivity index is 1.49. The molecule has 5 heteroatoms. The molecule has 1 heterocycles. The number of carbonyl (C=O) groups is 1. The molecule has 1 aliphatic carbocycles. The molecule has 1 atom stereocenters. The van der Waals surface area contributed by atoms with Crippen molar-refractivity contribution in [1.29, 1.82) is 0 Å². The Labute approximate surface area is 177 Å². The van der Waals surface area contributed by atoms with E-state index >= 15 is 0 Å². The van der Waals surface area contributed by atoms with Crippen molar-refractivity contribution >= 4 is 22.9 Å². The molecular weight excluding hydrogens is 376 g/mol. The lowest BCUT2D eigenvalue weighted by Gasteiger charge is -2.29. The minimum atomic E-state index is -0.347. The molecule has 4 rings (SSSR count). The second-order valence-corrected chi connectivity index (χ2v) is 7.70. The number of aromatic nitrogens is 1. The van der Waals surface area contributed by atoms with E-state index in [4.69, 9.17) is 0 Å². The van der Waals surface area contributed by atoms with Crippen LogP contribution in [0.4, 0.5) is 0 Å². The molecule has 0 spiro atoms. The van der Waals surface area contributed by atoms with Gasteiger partial charge in [-0.1, -0.05) is 36.4 Å². The van der Waals surface area contributed by atoms with Gasteiger partial charge in [-0.3, -0.25) is 4.90 Å². The van der Waals surface area contributed by atoms with Crippen LogP contribution >= 0.6 is 0 Å². The third kappa shape index (κ3) is 4.32. The average molecular weight is 405 g/mol. The van der Waals surface area contributed by atoms with Crippen molar-refractivity contribution in [3.8, 4) is 0 Å². The summed E-state index contributed by atoms with van der Waals surface area (Å²) >= 11 is 0. The molecule has 1 aliphatic rings. The van der Waals surface area contributed by atoms with Crippen LogP contribution < -0.4 is 0 Å². The zero-order chi connectivity index (χ0) is 20.9. The topological polar surface area (TPSA) is 54.7 Å². The van der Waals surface area contributed by atoms with Gasteiger partial charge in [-0.2, -0.15) is 0 Å². The number of nitrogens with zero attached hydrogens (tertiary/aromatic N) is 2. The van der Waals surface area contributed by atoms with Crippen LogP contribution in [0.2, 0.25) is 0 Å². The van der Waals surface area contributed by atoms with Gasteiger partial charge in [0.05, 0.1) is 13.7 Å². The van der Waals surface area contributed by atoms with E-state index in [1.165, 1.54) is 35.2 Å². The van der Waals surface area contributed by atoms with Crippen LogP contribution in [0.25, 0.3) is 17.0 Å². The summed E-state index contributed by atoms with van der Waals surface area (Å²) in [6.45, 7) is 2.58. The molecule has 0 bridgehead atoms. The van der Waals surface area contributed by atoms with Crippen molar-refractivity contribution in [2.75, 3.05) is 26.8 Å². The number of benzene rings is 2. The van der Waals surface area contributed by atoms with Gasteiger partial charge in [-0.25, -0.2) is 4.79 Å². The normalized spacial score (nSPS) is 15.9. The van der Waals surface area contributed by atoms with E-state index in [0.29, 0.717) is 12.6 Å². The highest BCUT2D eigenvalue weighted by molar-refractivity contribution is 5.87. The highest BCUT2D eigenvalue weighted by Gasteiger charge is 2.27. The van der Waals surface area contributed by atoms with Crippen LogP contribution in [-0.4, -0.2) is 47.3 Å². The van der Waals surface area contributed by atoms with Crippen molar-refractivity contribution in [3.63, 3.8) is 0 Å². The number of aliphatic hydroxyl groups excluding tert-OH is 1. The molecule has 0 saturated carbocycles. The van der Waals surface area contributed by atoms with Crippen LogP contribution in [0.3, 0.4) is 0 Å². The lowest BCUT2D eigenvalue weighted by Crippen LogP contribution is -2.33. The molecule has 0 saturated heterocycles. The predicted molar refractivity (Wildman–Crippen MR) is 119 cm³/mol. The largest absolute Gasteiger partial charge is 0.466 e. The number of methoxy groups -OCH3 is 1. The number of aryl methyl sites for hydroxylation is 1. The van der Waals surface area contributed by atoms with Crippen molar-refractivity contribution in [2.24, 2.45) is 0 Å². The lowest BCUT2D eigenvalue weighted by molar-refractivity contribution is -0.134. The first-order valence-electron chi connectivity index (χ1n) is 10.5. The minimum Gasteiger partial charge on any atom is -0.466 e. The summed E-state index contributed by atoms with van der Waals surface area (Å²) in [4.78, 5) is 13.7. The highest BCUT2D eigenvalue weighted by Crippen LogP contribution is 2.36. The van der Waals surface area contributed by atoms with Gasteiger partial charge in [0.15, 0.2) is 0 Å². The molecule has 0 radical (unpaired) electrons. The van der Waals surface area contributed by atoms with Crippen molar-refractivity contribution in [2.45, 2.75) is 25.4 Å². The van der Waals surface area contributed by atoms with Crippen LogP contribution in [0.1, 0.15) is 29.2 Å². The Hall–Kier alpha value is -2.89. The molecule has 0 aliphatic heterocycles. The zero-order valence-corrected chi connectivity index (χ0v) is 17.3. The third-order valence-electron chi connectivity index (χ3n) is 5.96. The highest BCUT2D eigenvalue weighted by atomic mass is 16.5. The number of carbonyl (C=O) groups excluding carboxylic acids is 1. The van der Waals surface area contributed by atoms with E-state index in [2.05, 4.69) is 62.9 Å². The summed E-state index contributed by atoms with van der Waals surface area (Å²) in [5, 5.41) is 10.9. The molecule has 2 aromatic carbocycles. The first-order chi connectivity index (χ1) is 14.7. The maximum absolute atomic E-state index is 11.3. The molecular formula is C25H28N2O3. The van der Waals surface area contributed by atoms with Gasteiger partial charge in [0.1, 0.15) is 0 Å². The van der Waals surface area contributed by atoms with E-state index < -0.39 is 0 Å². The molecule has 1 unspecified atom stereocenters. The minimum absolute atomic E-state index is 0.151. The van der Waals surface area contributed by atoms with E-state index in [1.54, 1.807) is 6.08 Å². The number of fused-ring (bicyclic) bond motifs is 2. The van der Waals surface area contributed by atoms with E-state index in [0.717, 1.165) is 31.5 Å². The first kappa shape index (κ1) is 20.4. The Bertz CT molecular complexity index is 1050. The summed E-state index contributed by atoms with van der Waals surface area (Å²) in [7, 11) is 1.38. The molecule has 0 amide bonds. The Morgan fingerprint density at radius 1 is 1.23 bits per heavy atom. The molecule has 5 nitrogen and oxygen atoms in total. The van der Waals surface area contributed by atoms with Crippen molar-refractivity contribution in [1.82, 2.24) is 9.47 Å². The van der Waals surface area contributed by atoms with Crippen LogP contribution in [0.15, 0.2) is 60.8 Å². The van der Waals surface area contributed by atoms with E-state index in [9.17, 15) is 9.90 Å². The van der Waals surface area contributed by atoms with Gasteiger partial charge >= 0.3 is 5.97 Å². The molecule has 156 valence electrons. The Morgan fingerprint density at radius 3 is 2.93 bits per heavy atom. The van der Waals surface area contributed by atoms with Crippen molar-refractivity contribution < 1.29 is 14.6 Å². The fourth-order valence-electron chi connectivity index (χ4n) is 4.45. The average Bonchev–Trinajstić information content (AvgIpc) is 3.39. The number of ether oxygens (including phenoxy) is 1. The Morgan fingerprint density at radius 2 is 2.10 bits per heavy atom. The number of hydrogen-bond acceptors (Lipinski definition) is 4. The summed E-state index contributed by atoms with van der Waals surface area (Å²) in [5.41, 5.74) is 4.90. The molecule has 1 aromatic heterocycles. The number of esters is 1. The van der Waals surface area contributed by atoms with Gasteiger partial charge in [0, 0.05) is 43.5 Å². The Kier molecular flexibility index (Phi) is 6.31. The maximum Gasteiger partial charge on any atom is 0.330 e. The summed E-state index contributed by atoms with van der Waals surface area (Å²) in [6.07, 6.45) is 7.44. The number of hydrogen-bond donors (Lipinski definition) is 1. The molecule has 3 aromatic rings. The predicted octanol–water partition coefficient (Wildman–Crippen LogP) is 3.81. The van der Waals surface area contributed by atoms with Gasteiger partial charge in [-0.05, 0) is 53.1 Å². The molecule has 1 N–H and O–H groups in total. The molecule has 30 heavy (non-hydrogen) atoms. The van der Waals surface area contributed by atoms with E-state index in [1.807, 2.05) is 6.07 Å². The fourth-order valence-corrected chi connectivity index (χ4v) is 4.45. The standard InChI is InChI=1S/C25H28N2O3/c1-30-25(29)11-7-19-6-9-22-21(18-19)8-10-24(22)27(16-17-28)15-14-26-13-12-20-4-2-3-5-23(20)26/h2-7,9,11-13,18,24,28H,8,10,14-17H2,1H3. The summed E-state index contributed by atoms with van der Waals surface area (Å²) in [6, 6.07) is 17.3. The SMILES string of the molecule is COC(=O)C=Cc1ccc2c(c1)CCC2N(CCO)CCn1ccc2ccccc21. The maximum atomic E-state index is 11.3. The zero-order valence-electron chi connectivity index (χ0n) is 17.3. The third-order valence-corrected chi connectivity index (χ3v) is 5.96. The van der Waals surface area contributed by atoms with Gasteiger partial charge in [-0.15, -0.1) is 0 Å². The molecule has 0 fully saturated rings. The van der Waals surface area contributed by atoms with Crippen LogP contribution in [0.5, 0.6) is 0 Å². The number of para-hydroxylation sites is 1. The summed E-state index contributed by atoms with van der Waals surface area (Å²) in [5.74, 6) is -0.347. The van der Waals surface area contributed by atoms with Crippen LogP contribution in [0, 0.1) is 0 Å².